The van der Waals surface area contributed by atoms with E-state index in [0.717, 1.165) is 25.9 Å². The van der Waals surface area contributed by atoms with Gasteiger partial charge in [-0.3, -0.25) is 14.5 Å². The highest BCUT2D eigenvalue weighted by Crippen LogP contribution is 2.32. The molecule has 7 nitrogen and oxygen atoms in total. The fourth-order valence-corrected chi connectivity index (χ4v) is 5.78. The molecule has 2 aliphatic rings. The molecule has 0 radical (unpaired) electrons. The van der Waals surface area contributed by atoms with Crippen LogP contribution in [0.2, 0.25) is 15.1 Å². The summed E-state index contributed by atoms with van der Waals surface area (Å²) in [5, 5.41) is 17.0. The summed E-state index contributed by atoms with van der Waals surface area (Å²) in [7, 11) is 0. The van der Waals surface area contributed by atoms with Crippen molar-refractivity contribution in [3.05, 3.63) is 62.6 Å². The number of piperidine rings is 1. The molecule has 0 aliphatic carbocycles. The number of amides is 2. The molecule has 0 spiro atoms. The second-order valence-corrected chi connectivity index (χ2v) is 11.1. The average Bonchev–Trinajstić information content (AvgIpc) is 2.84. The minimum atomic E-state index is -2.67. The molecule has 206 valence electrons. The van der Waals surface area contributed by atoms with E-state index in [1.807, 2.05) is 0 Å². The lowest BCUT2D eigenvalue weighted by molar-refractivity contribution is -0.152. The molecule has 12 heteroatoms. The van der Waals surface area contributed by atoms with E-state index in [4.69, 9.17) is 34.8 Å². The summed E-state index contributed by atoms with van der Waals surface area (Å²) in [4.78, 5) is 29.2. The second-order valence-electron chi connectivity index (χ2n) is 9.82. The third-order valence-electron chi connectivity index (χ3n) is 7.04. The number of hydrogen-bond acceptors (Lipinski definition) is 5. The van der Waals surface area contributed by atoms with E-state index in [2.05, 4.69) is 15.5 Å². The molecule has 0 saturated carbocycles. The zero-order chi connectivity index (χ0) is 27.6. The van der Waals surface area contributed by atoms with Crippen LogP contribution in [-0.2, 0) is 10.4 Å². The third-order valence-corrected chi connectivity index (χ3v) is 7.87. The normalized spacial score (nSPS) is 18.7. The Labute approximate surface area is 235 Å². The van der Waals surface area contributed by atoms with Gasteiger partial charge in [0.05, 0.1) is 28.2 Å². The second kappa shape index (κ2) is 11.9. The van der Waals surface area contributed by atoms with Crippen molar-refractivity contribution in [2.75, 3.05) is 38.0 Å². The molecular weight excluding hydrogens is 561 g/mol. The number of aliphatic hydroxyl groups is 1. The quantitative estimate of drug-likeness (QED) is 0.418. The predicted octanol–water partition coefficient (Wildman–Crippen LogP) is 4.64. The van der Waals surface area contributed by atoms with Gasteiger partial charge in [0.25, 0.3) is 18.2 Å². The van der Waals surface area contributed by atoms with Gasteiger partial charge in [-0.15, -0.1) is 0 Å². The standard InChI is InChI=1S/C26H29Cl3F2N4O3/c1-26(38,15-3-2-4-16(27)9-15)25(37)34-7-5-19(6-8-34)35-13-18(14-35)33-17-10-20(28)23(21(29)11-17)24(36)32-12-22(30)31/h2-4,9-11,18-19,22,33,38H,5-8,12-14H2,1H3,(H,32,36)/t26-/m0/s1. The van der Waals surface area contributed by atoms with Gasteiger partial charge in [0, 0.05) is 42.9 Å². The number of hydrogen-bond donors (Lipinski definition) is 3. The smallest absolute Gasteiger partial charge is 0.258 e. The van der Waals surface area contributed by atoms with E-state index in [1.54, 1.807) is 41.3 Å². The number of carbonyl (C=O) groups excluding carboxylic acids is 2. The summed E-state index contributed by atoms with van der Waals surface area (Å²) in [6.07, 6.45) is -1.08. The number of nitrogens with zero attached hydrogens (tertiary/aromatic N) is 2. The summed E-state index contributed by atoms with van der Waals surface area (Å²) in [5.41, 5.74) is -0.578. The summed E-state index contributed by atoms with van der Waals surface area (Å²) in [5.74, 6) is -1.08. The maximum atomic E-state index is 13.1. The Morgan fingerprint density at radius 3 is 2.32 bits per heavy atom. The number of halogens is 5. The van der Waals surface area contributed by atoms with Crippen molar-refractivity contribution in [2.24, 2.45) is 0 Å². The summed E-state index contributed by atoms with van der Waals surface area (Å²) in [6.45, 7) is 3.39. The highest BCUT2D eigenvalue weighted by molar-refractivity contribution is 6.40. The van der Waals surface area contributed by atoms with Crippen molar-refractivity contribution >= 4 is 52.3 Å². The van der Waals surface area contributed by atoms with Crippen molar-refractivity contribution in [3.8, 4) is 0 Å². The van der Waals surface area contributed by atoms with E-state index in [0.29, 0.717) is 35.4 Å². The number of alkyl halides is 2. The molecule has 2 aliphatic heterocycles. The Morgan fingerprint density at radius 1 is 1.11 bits per heavy atom. The zero-order valence-electron chi connectivity index (χ0n) is 20.7. The van der Waals surface area contributed by atoms with E-state index >= 15 is 0 Å². The van der Waals surface area contributed by atoms with E-state index in [-0.39, 0.29) is 27.6 Å². The fraction of sp³-hybridized carbons (Fsp3) is 0.462. The number of carbonyl (C=O) groups is 2. The van der Waals surface area contributed by atoms with E-state index in [1.165, 1.54) is 6.92 Å². The van der Waals surface area contributed by atoms with Crippen LogP contribution in [0.4, 0.5) is 14.5 Å². The van der Waals surface area contributed by atoms with Crippen LogP contribution in [0.15, 0.2) is 36.4 Å². The van der Waals surface area contributed by atoms with Crippen molar-refractivity contribution in [2.45, 2.75) is 43.9 Å². The van der Waals surface area contributed by atoms with Crippen molar-refractivity contribution in [1.82, 2.24) is 15.1 Å². The van der Waals surface area contributed by atoms with Gasteiger partial charge in [-0.2, -0.15) is 0 Å². The van der Waals surface area contributed by atoms with Gasteiger partial charge in [0.1, 0.15) is 0 Å². The van der Waals surface area contributed by atoms with Crippen LogP contribution in [0.25, 0.3) is 0 Å². The first-order valence-corrected chi connectivity index (χ1v) is 13.4. The van der Waals surface area contributed by atoms with Gasteiger partial charge >= 0.3 is 0 Å². The van der Waals surface area contributed by atoms with Crippen LogP contribution >= 0.6 is 34.8 Å². The van der Waals surface area contributed by atoms with Gasteiger partial charge in [-0.05, 0) is 49.6 Å². The maximum absolute atomic E-state index is 13.1. The molecule has 2 heterocycles. The summed E-state index contributed by atoms with van der Waals surface area (Å²) < 4.78 is 24.8. The summed E-state index contributed by atoms with van der Waals surface area (Å²) in [6, 6.07) is 10.3. The number of benzene rings is 2. The molecule has 2 aromatic carbocycles. The molecule has 0 bridgehead atoms. The number of anilines is 1. The molecular formula is C26H29Cl3F2N4O3. The monoisotopic (exact) mass is 588 g/mol. The molecule has 2 fully saturated rings. The molecule has 2 saturated heterocycles. The van der Waals surface area contributed by atoms with Crippen LogP contribution in [0.5, 0.6) is 0 Å². The highest BCUT2D eigenvalue weighted by atomic mass is 35.5. The first-order valence-electron chi connectivity index (χ1n) is 12.3. The third kappa shape index (κ3) is 6.51. The fourth-order valence-electron chi connectivity index (χ4n) is 4.93. The van der Waals surface area contributed by atoms with Gasteiger partial charge in [-0.25, -0.2) is 8.78 Å². The van der Waals surface area contributed by atoms with Gasteiger partial charge in [0.2, 0.25) is 0 Å². The van der Waals surface area contributed by atoms with Crippen molar-refractivity contribution < 1.29 is 23.5 Å². The van der Waals surface area contributed by atoms with Gasteiger partial charge in [-0.1, -0.05) is 46.9 Å². The predicted molar refractivity (Wildman–Crippen MR) is 144 cm³/mol. The molecule has 0 unspecified atom stereocenters. The van der Waals surface area contributed by atoms with E-state index < -0.39 is 24.5 Å². The first kappa shape index (κ1) is 28.8. The first-order chi connectivity index (χ1) is 18.0. The number of rotatable bonds is 8. The van der Waals surface area contributed by atoms with Crippen LogP contribution in [0, 0.1) is 0 Å². The molecule has 1 atom stereocenters. The largest absolute Gasteiger partial charge is 0.380 e. The SMILES string of the molecule is C[C@@](O)(C(=O)N1CCC(N2CC(Nc3cc(Cl)c(C(=O)NCC(F)F)c(Cl)c3)C2)CC1)c1cccc(Cl)c1. The maximum Gasteiger partial charge on any atom is 0.258 e. The molecule has 4 rings (SSSR count). The Kier molecular flexibility index (Phi) is 9.04. The lowest BCUT2D eigenvalue weighted by atomic mass is 9.92. The highest BCUT2D eigenvalue weighted by Gasteiger charge is 2.40. The summed E-state index contributed by atoms with van der Waals surface area (Å²) >= 11 is 18.5. The van der Waals surface area contributed by atoms with Crippen LogP contribution in [0.1, 0.15) is 35.7 Å². The lowest BCUT2D eigenvalue weighted by Crippen LogP contribution is -2.61. The molecule has 2 amide bonds. The molecule has 0 aromatic heterocycles. The Balaban J connectivity index is 1.26. The van der Waals surface area contributed by atoms with Gasteiger partial charge in [0.15, 0.2) is 5.60 Å². The Bertz CT molecular complexity index is 1160. The van der Waals surface area contributed by atoms with Crippen LogP contribution in [0.3, 0.4) is 0 Å². The molecule has 2 aromatic rings. The Morgan fingerprint density at radius 2 is 1.74 bits per heavy atom. The van der Waals surface area contributed by atoms with Gasteiger partial charge < -0.3 is 20.6 Å². The minimum absolute atomic E-state index is 0.0367. The number of likely N-dealkylation sites (tertiary alicyclic amines) is 2. The van der Waals surface area contributed by atoms with E-state index in [9.17, 15) is 23.5 Å². The van der Waals surface area contributed by atoms with Crippen LogP contribution < -0.4 is 10.6 Å². The Hall–Kier alpha value is -2.17. The lowest BCUT2D eigenvalue weighted by Gasteiger charge is -2.48. The minimum Gasteiger partial charge on any atom is -0.380 e. The average molecular weight is 590 g/mol. The topological polar surface area (TPSA) is 84.9 Å². The zero-order valence-corrected chi connectivity index (χ0v) is 23.0. The molecule has 38 heavy (non-hydrogen) atoms. The van der Waals surface area contributed by atoms with Crippen molar-refractivity contribution in [3.63, 3.8) is 0 Å². The van der Waals surface area contributed by atoms with Crippen LogP contribution in [-0.4, -0.2) is 78.0 Å². The molecule has 3 N–H and O–H groups in total. The number of nitrogens with one attached hydrogen (secondary N) is 2. The van der Waals surface area contributed by atoms with Crippen molar-refractivity contribution in [1.29, 1.82) is 0 Å².